The van der Waals surface area contributed by atoms with E-state index >= 15 is 0 Å². The quantitative estimate of drug-likeness (QED) is 0.559. The van der Waals surface area contributed by atoms with Gasteiger partial charge in [0.25, 0.3) is 0 Å². The molecule has 0 atom stereocenters. The minimum absolute atomic E-state index is 0.0963. The Kier molecular flexibility index (Phi) is 5.08. The van der Waals surface area contributed by atoms with Gasteiger partial charge in [0.05, 0.1) is 0 Å². The van der Waals surface area contributed by atoms with E-state index in [0.717, 1.165) is 12.7 Å². The third kappa shape index (κ3) is 7.68. The summed E-state index contributed by atoms with van der Waals surface area (Å²) in [4.78, 5) is 10.8. The Hall–Kier alpha value is -0.420. The second-order valence-electron chi connectivity index (χ2n) is 2.66. The van der Waals surface area contributed by atoms with Gasteiger partial charge in [-0.2, -0.15) is 0 Å². The van der Waals surface area contributed by atoms with E-state index in [9.17, 15) is 13.2 Å². The molecular formula is C7H14O4S. The first-order valence-corrected chi connectivity index (χ1v) is 5.79. The van der Waals surface area contributed by atoms with Crippen molar-refractivity contribution in [3.05, 3.63) is 0 Å². The van der Waals surface area contributed by atoms with Crippen LogP contribution in [0.2, 0.25) is 0 Å². The van der Waals surface area contributed by atoms with Crippen LogP contribution in [0.4, 0.5) is 0 Å². The number of sulfone groups is 1. The maximum absolute atomic E-state index is 10.8. The maximum Gasteiger partial charge on any atom is 0.173 e. The predicted molar refractivity (Wildman–Crippen MR) is 45.8 cm³/mol. The molecule has 0 fully saturated rings. The molecule has 0 aromatic carbocycles. The van der Waals surface area contributed by atoms with Crippen LogP contribution in [-0.2, 0) is 19.4 Å². The SMILES string of the molecule is CCCOCC(=O)CS(C)(=O)=O. The van der Waals surface area contributed by atoms with Gasteiger partial charge in [-0.15, -0.1) is 0 Å². The van der Waals surface area contributed by atoms with E-state index in [2.05, 4.69) is 0 Å². The molecule has 0 aliphatic heterocycles. The Labute approximate surface area is 72.8 Å². The molecule has 4 nitrogen and oxygen atoms in total. The highest BCUT2D eigenvalue weighted by Gasteiger charge is 2.10. The summed E-state index contributed by atoms with van der Waals surface area (Å²) >= 11 is 0. The Morgan fingerprint density at radius 3 is 2.42 bits per heavy atom. The molecule has 0 rings (SSSR count). The number of carbonyl (C=O) groups is 1. The van der Waals surface area contributed by atoms with E-state index < -0.39 is 15.6 Å². The highest BCUT2D eigenvalue weighted by Crippen LogP contribution is 1.87. The van der Waals surface area contributed by atoms with Crippen molar-refractivity contribution in [1.29, 1.82) is 0 Å². The number of rotatable bonds is 6. The molecule has 0 N–H and O–H groups in total. The number of hydrogen-bond donors (Lipinski definition) is 0. The van der Waals surface area contributed by atoms with Crippen LogP contribution in [0.3, 0.4) is 0 Å². The minimum Gasteiger partial charge on any atom is -0.374 e. The normalized spacial score (nSPS) is 11.5. The van der Waals surface area contributed by atoms with E-state index in [1.54, 1.807) is 0 Å². The Balaban J connectivity index is 3.62. The molecular weight excluding hydrogens is 180 g/mol. The molecule has 0 unspecified atom stereocenters. The van der Waals surface area contributed by atoms with Gasteiger partial charge < -0.3 is 4.74 Å². The van der Waals surface area contributed by atoms with Gasteiger partial charge in [-0.05, 0) is 6.42 Å². The van der Waals surface area contributed by atoms with Crippen molar-refractivity contribution in [2.24, 2.45) is 0 Å². The zero-order valence-electron chi connectivity index (χ0n) is 7.37. The lowest BCUT2D eigenvalue weighted by Gasteiger charge is -1.99. The molecule has 72 valence electrons. The van der Waals surface area contributed by atoms with E-state index in [1.165, 1.54) is 0 Å². The molecule has 0 amide bonds. The summed E-state index contributed by atoms with van der Waals surface area (Å²) in [5.41, 5.74) is 0. The van der Waals surface area contributed by atoms with Crippen LogP contribution in [0.5, 0.6) is 0 Å². The lowest BCUT2D eigenvalue weighted by atomic mass is 10.5. The topological polar surface area (TPSA) is 60.4 Å². The van der Waals surface area contributed by atoms with Crippen LogP contribution in [0.1, 0.15) is 13.3 Å². The summed E-state index contributed by atoms with van der Waals surface area (Å²) in [5, 5.41) is 0. The Morgan fingerprint density at radius 2 is 2.00 bits per heavy atom. The lowest BCUT2D eigenvalue weighted by Crippen LogP contribution is -2.19. The monoisotopic (exact) mass is 194 g/mol. The molecule has 0 spiro atoms. The molecule has 0 aliphatic rings. The standard InChI is InChI=1S/C7H14O4S/c1-3-4-11-5-7(8)6-12(2,9)10/h3-6H2,1-2H3. The molecule has 5 heteroatoms. The van der Waals surface area contributed by atoms with Crippen LogP contribution in [0.15, 0.2) is 0 Å². The van der Waals surface area contributed by atoms with Crippen molar-refractivity contribution in [3.63, 3.8) is 0 Å². The highest BCUT2D eigenvalue weighted by atomic mass is 32.2. The molecule has 0 bridgehead atoms. The van der Waals surface area contributed by atoms with Gasteiger partial charge in [-0.25, -0.2) is 8.42 Å². The highest BCUT2D eigenvalue weighted by molar-refractivity contribution is 7.91. The maximum atomic E-state index is 10.8. The third-order valence-corrected chi connectivity index (χ3v) is 1.88. The number of ether oxygens (including phenoxy) is 1. The molecule has 0 saturated carbocycles. The van der Waals surface area contributed by atoms with Crippen LogP contribution in [0, 0.1) is 0 Å². The first-order chi connectivity index (χ1) is 5.45. The van der Waals surface area contributed by atoms with Crippen molar-refractivity contribution in [3.8, 4) is 0 Å². The summed E-state index contributed by atoms with van der Waals surface area (Å²) < 4.78 is 26.1. The van der Waals surface area contributed by atoms with Crippen molar-refractivity contribution in [2.45, 2.75) is 13.3 Å². The van der Waals surface area contributed by atoms with Gasteiger partial charge in [0.2, 0.25) is 0 Å². The summed E-state index contributed by atoms with van der Waals surface area (Å²) in [6.45, 7) is 2.32. The van der Waals surface area contributed by atoms with Crippen molar-refractivity contribution in [1.82, 2.24) is 0 Å². The van der Waals surface area contributed by atoms with Gasteiger partial charge in [-0.1, -0.05) is 6.92 Å². The number of ketones is 1. The minimum atomic E-state index is -3.19. The average Bonchev–Trinajstić information content (AvgIpc) is 1.84. The number of hydrogen-bond acceptors (Lipinski definition) is 4. The molecule has 12 heavy (non-hydrogen) atoms. The summed E-state index contributed by atoms with van der Waals surface area (Å²) in [5.74, 6) is -0.803. The Bertz CT molecular complexity index is 230. The fraction of sp³-hybridized carbons (Fsp3) is 0.857. The van der Waals surface area contributed by atoms with Gasteiger partial charge in [0.15, 0.2) is 15.6 Å². The van der Waals surface area contributed by atoms with E-state index in [4.69, 9.17) is 4.74 Å². The van der Waals surface area contributed by atoms with Gasteiger partial charge in [0.1, 0.15) is 12.4 Å². The van der Waals surface area contributed by atoms with Crippen LogP contribution >= 0.6 is 0 Å². The predicted octanol–water partition coefficient (Wildman–Crippen LogP) is 0.0267. The third-order valence-electron chi connectivity index (χ3n) is 1.03. The molecule has 0 aromatic rings. The van der Waals surface area contributed by atoms with Gasteiger partial charge >= 0.3 is 0 Å². The summed E-state index contributed by atoms with van der Waals surface area (Å²) in [7, 11) is -3.19. The summed E-state index contributed by atoms with van der Waals surface area (Å²) in [6.07, 6.45) is 1.86. The molecule has 0 radical (unpaired) electrons. The van der Waals surface area contributed by atoms with Crippen LogP contribution in [0.25, 0.3) is 0 Å². The lowest BCUT2D eigenvalue weighted by molar-refractivity contribution is -0.121. The van der Waals surface area contributed by atoms with Crippen molar-refractivity contribution < 1.29 is 17.9 Å². The largest absolute Gasteiger partial charge is 0.374 e. The fourth-order valence-electron chi connectivity index (χ4n) is 0.664. The van der Waals surface area contributed by atoms with E-state index in [-0.39, 0.29) is 12.4 Å². The van der Waals surface area contributed by atoms with Gasteiger partial charge in [0, 0.05) is 12.9 Å². The zero-order valence-corrected chi connectivity index (χ0v) is 8.19. The van der Waals surface area contributed by atoms with Gasteiger partial charge in [-0.3, -0.25) is 4.79 Å². The number of carbonyl (C=O) groups excluding carboxylic acids is 1. The molecule has 0 aromatic heterocycles. The van der Waals surface area contributed by atoms with Crippen LogP contribution in [-0.4, -0.2) is 39.4 Å². The van der Waals surface area contributed by atoms with Crippen molar-refractivity contribution >= 4 is 15.6 Å². The fourth-order valence-corrected chi connectivity index (χ4v) is 1.33. The zero-order chi connectivity index (χ0) is 9.61. The average molecular weight is 194 g/mol. The second-order valence-corrected chi connectivity index (χ2v) is 4.80. The molecule has 0 saturated heterocycles. The first kappa shape index (κ1) is 11.6. The van der Waals surface area contributed by atoms with Crippen LogP contribution < -0.4 is 0 Å². The second kappa shape index (κ2) is 5.27. The smallest absolute Gasteiger partial charge is 0.173 e. The van der Waals surface area contributed by atoms with Crippen molar-refractivity contribution in [2.75, 3.05) is 25.2 Å². The van der Waals surface area contributed by atoms with E-state index in [0.29, 0.717) is 6.61 Å². The number of Topliss-reactive ketones (excluding diaryl/α,β-unsaturated/α-hetero) is 1. The first-order valence-electron chi connectivity index (χ1n) is 3.73. The molecule has 0 aliphatic carbocycles. The Morgan fingerprint density at radius 1 is 1.42 bits per heavy atom. The van der Waals surface area contributed by atoms with E-state index in [1.807, 2.05) is 6.92 Å². The summed E-state index contributed by atoms with van der Waals surface area (Å²) in [6, 6.07) is 0. The molecule has 0 heterocycles.